The molecule has 0 fully saturated rings. The first-order chi connectivity index (χ1) is 10.5. The van der Waals surface area contributed by atoms with E-state index in [1.54, 1.807) is 13.0 Å². The summed E-state index contributed by atoms with van der Waals surface area (Å²) < 4.78 is 51.2. The predicted octanol–water partition coefficient (Wildman–Crippen LogP) is 2.71. The van der Waals surface area contributed by atoms with Crippen LogP contribution in [0.3, 0.4) is 0 Å². The van der Waals surface area contributed by atoms with E-state index in [2.05, 4.69) is 4.72 Å². The van der Waals surface area contributed by atoms with Gasteiger partial charge in [-0.25, -0.2) is 12.8 Å². The van der Waals surface area contributed by atoms with Crippen LogP contribution in [-0.4, -0.2) is 21.6 Å². The number of benzene rings is 2. The highest BCUT2D eigenvalue weighted by Gasteiger charge is 2.20. The summed E-state index contributed by atoms with van der Waals surface area (Å²) in [7, 11) is -3.84. The van der Waals surface area contributed by atoms with Crippen LogP contribution in [0.4, 0.5) is 10.1 Å². The van der Waals surface area contributed by atoms with E-state index in [0.717, 1.165) is 6.07 Å². The summed E-state index contributed by atoms with van der Waals surface area (Å²) in [5, 5.41) is 0. The van der Waals surface area contributed by atoms with Crippen LogP contribution in [0.2, 0.25) is 0 Å². The highest BCUT2D eigenvalue weighted by atomic mass is 32.2. The first-order valence-corrected chi connectivity index (χ1v) is 8.13. The highest BCUT2D eigenvalue weighted by molar-refractivity contribution is 7.92. The first-order valence-electron chi connectivity index (χ1n) is 6.64. The number of fused-ring (bicyclic) bond motifs is 1. The molecule has 1 N–H and O–H groups in total. The van der Waals surface area contributed by atoms with Crippen molar-refractivity contribution in [1.82, 2.24) is 0 Å². The van der Waals surface area contributed by atoms with Crippen molar-refractivity contribution in [3.05, 3.63) is 47.8 Å². The number of aryl methyl sites for hydroxylation is 1. The third-order valence-electron chi connectivity index (χ3n) is 3.27. The monoisotopic (exact) mass is 323 g/mol. The SMILES string of the molecule is Cc1ccc(F)cc1NS(=O)(=O)c1ccc2c(c1)OCCO2. The standard InChI is InChI=1S/C15H14FNO4S/c1-10-2-3-11(16)8-13(10)17-22(18,19)12-4-5-14-15(9-12)21-7-6-20-14/h2-5,8-9,17H,6-7H2,1H3. The Morgan fingerprint density at radius 1 is 1.05 bits per heavy atom. The molecule has 0 unspecified atom stereocenters. The topological polar surface area (TPSA) is 64.6 Å². The molecule has 0 amide bonds. The number of sulfonamides is 1. The van der Waals surface area contributed by atoms with Crippen molar-refractivity contribution in [2.24, 2.45) is 0 Å². The lowest BCUT2D eigenvalue weighted by molar-refractivity contribution is 0.171. The van der Waals surface area contributed by atoms with E-state index in [1.807, 2.05) is 0 Å². The zero-order valence-electron chi connectivity index (χ0n) is 11.8. The fraction of sp³-hybridized carbons (Fsp3) is 0.200. The van der Waals surface area contributed by atoms with Crippen molar-refractivity contribution >= 4 is 15.7 Å². The third-order valence-corrected chi connectivity index (χ3v) is 4.63. The molecule has 5 nitrogen and oxygen atoms in total. The van der Waals surface area contributed by atoms with Crippen LogP contribution < -0.4 is 14.2 Å². The van der Waals surface area contributed by atoms with Crippen LogP contribution in [-0.2, 0) is 10.0 Å². The molecule has 2 aromatic carbocycles. The van der Waals surface area contributed by atoms with Gasteiger partial charge in [-0.2, -0.15) is 0 Å². The molecule has 0 radical (unpaired) electrons. The van der Waals surface area contributed by atoms with E-state index >= 15 is 0 Å². The van der Waals surface area contributed by atoms with Crippen molar-refractivity contribution in [1.29, 1.82) is 0 Å². The molecule has 2 aromatic rings. The van der Waals surface area contributed by atoms with Gasteiger partial charge in [-0.15, -0.1) is 0 Å². The molecule has 1 heterocycles. The second kappa shape index (κ2) is 5.49. The van der Waals surface area contributed by atoms with Crippen LogP contribution in [0, 0.1) is 12.7 Å². The summed E-state index contributed by atoms with van der Waals surface area (Å²) in [5.41, 5.74) is 0.831. The number of hydrogen-bond donors (Lipinski definition) is 1. The Morgan fingerprint density at radius 2 is 1.77 bits per heavy atom. The number of halogens is 1. The number of rotatable bonds is 3. The van der Waals surface area contributed by atoms with Crippen LogP contribution >= 0.6 is 0 Å². The summed E-state index contributed by atoms with van der Waals surface area (Å²) in [6, 6.07) is 8.29. The van der Waals surface area contributed by atoms with Gasteiger partial charge in [0.15, 0.2) is 11.5 Å². The van der Waals surface area contributed by atoms with E-state index in [1.165, 1.54) is 24.3 Å². The quantitative estimate of drug-likeness (QED) is 0.943. The Morgan fingerprint density at radius 3 is 2.55 bits per heavy atom. The van der Waals surface area contributed by atoms with E-state index in [9.17, 15) is 12.8 Å². The molecule has 0 spiro atoms. The van der Waals surface area contributed by atoms with Gasteiger partial charge in [-0.3, -0.25) is 4.72 Å². The molecular weight excluding hydrogens is 309 g/mol. The van der Waals surface area contributed by atoms with E-state index < -0.39 is 15.8 Å². The molecule has 116 valence electrons. The first kappa shape index (κ1) is 14.6. The Hall–Kier alpha value is -2.28. The lowest BCUT2D eigenvalue weighted by Gasteiger charge is -2.19. The number of hydrogen-bond acceptors (Lipinski definition) is 4. The van der Waals surface area contributed by atoms with Gasteiger partial charge in [0, 0.05) is 6.07 Å². The van der Waals surface area contributed by atoms with Crippen LogP contribution in [0.15, 0.2) is 41.3 Å². The normalized spacial score (nSPS) is 13.7. The molecular formula is C15H14FNO4S. The number of nitrogens with one attached hydrogen (secondary N) is 1. The minimum absolute atomic E-state index is 0.0282. The van der Waals surface area contributed by atoms with Gasteiger partial charge in [0.05, 0.1) is 10.6 Å². The lowest BCUT2D eigenvalue weighted by atomic mass is 10.2. The van der Waals surface area contributed by atoms with Crippen molar-refractivity contribution in [2.75, 3.05) is 17.9 Å². The van der Waals surface area contributed by atoms with Crippen LogP contribution in [0.25, 0.3) is 0 Å². The van der Waals surface area contributed by atoms with Gasteiger partial charge < -0.3 is 9.47 Å². The van der Waals surface area contributed by atoms with Crippen LogP contribution in [0.5, 0.6) is 11.5 Å². The van der Waals surface area contributed by atoms with E-state index in [4.69, 9.17) is 9.47 Å². The average Bonchev–Trinajstić information content (AvgIpc) is 2.50. The van der Waals surface area contributed by atoms with Gasteiger partial charge in [0.1, 0.15) is 19.0 Å². The van der Waals surface area contributed by atoms with Crippen molar-refractivity contribution in [3.8, 4) is 11.5 Å². The molecule has 0 aliphatic carbocycles. The Kier molecular flexibility index (Phi) is 3.66. The van der Waals surface area contributed by atoms with Gasteiger partial charge in [-0.05, 0) is 36.8 Å². The molecule has 1 aliphatic heterocycles. The van der Waals surface area contributed by atoms with Crippen molar-refractivity contribution < 1.29 is 22.3 Å². The fourth-order valence-electron chi connectivity index (χ4n) is 2.10. The maximum absolute atomic E-state index is 13.3. The highest BCUT2D eigenvalue weighted by Crippen LogP contribution is 2.33. The molecule has 0 saturated heterocycles. The van der Waals surface area contributed by atoms with Crippen LogP contribution in [0.1, 0.15) is 5.56 Å². The van der Waals surface area contributed by atoms with E-state index in [-0.39, 0.29) is 10.6 Å². The summed E-state index contributed by atoms with van der Waals surface area (Å²) >= 11 is 0. The summed E-state index contributed by atoms with van der Waals surface area (Å²) in [5.74, 6) is 0.377. The third kappa shape index (κ3) is 2.85. The minimum atomic E-state index is -3.84. The molecule has 0 atom stereocenters. The van der Waals surface area contributed by atoms with Gasteiger partial charge in [-0.1, -0.05) is 6.07 Å². The molecule has 7 heteroatoms. The Balaban J connectivity index is 1.94. The zero-order valence-corrected chi connectivity index (χ0v) is 12.6. The lowest BCUT2D eigenvalue weighted by Crippen LogP contribution is -2.17. The smallest absolute Gasteiger partial charge is 0.262 e. The molecule has 0 bridgehead atoms. The molecule has 0 aromatic heterocycles. The molecule has 1 aliphatic rings. The van der Waals surface area contributed by atoms with Gasteiger partial charge in [0.25, 0.3) is 10.0 Å². The Bertz CT molecular complexity index is 820. The van der Waals surface area contributed by atoms with Gasteiger partial charge in [0.2, 0.25) is 0 Å². The predicted molar refractivity (Wildman–Crippen MR) is 79.4 cm³/mol. The molecule has 22 heavy (non-hydrogen) atoms. The maximum atomic E-state index is 13.3. The minimum Gasteiger partial charge on any atom is -0.486 e. The van der Waals surface area contributed by atoms with Crippen molar-refractivity contribution in [2.45, 2.75) is 11.8 Å². The number of ether oxygens (including phenoxy) is 2. The molecule has 3 rings (SSSR count). The summed E-state index contributed by atoms with van der Waals surface area (Å²) in [4.78, 5) is 0.0282. The van der Waals surface area contributed by atoms with E-state index in [0.29, 0.717) is 30.3 Å². The summed E-state index contributed by atoms with van der Waals surface area (Å²) in [6.07, 6.45) is 0. The largest absolute Gasteiger partial charge is 0.486 e. The fourth-order valence-corrected chi connectivity index (χ4v) is 3.24. The second-order valence-corrected chi connectivity index (χ2v) is 6.55. The second-order valence-electron chi connectivity index (χ2n) is 4.87. The number of anilines is 1. The van der Waals surface area contributed by atoms with Crippen molar-refractivity contribution in [3.63, 3.8) is 0 Å². The average molecular weight is 323 g/mol. The summed E-state index contributed by atoms with van der Waals surface area (Å²) in [6.45, 7) is 2.49. The maximum Gasteiger partial charge on any atom is 0.262 e. The zero-order chi connectivity index (χ0) is 15.7. The molecule has 0 saturated carbocycles. The van der Waals surface area contributed by atoms with Gasteiger partial charge >= 0.3 is 0 Å². The Labute approximate surface area is 127 Å².